The maximum absolute atomic E-state index is 5.31. The van der Waals surface area contributed by atoms with Crippen molar-refractivity contribution in [2.45, 2.75) is 44.8 Å². The minimum atomic E-state index is 0.594. The molecule has 0 saturated heterocycles. The maximum atomic E-state index is 5.31. The van der Waals surface area contributed by atoms with E-state index < -0.39 is 0 Å². The van der Waals surface area contributed by atoms with Gasteiger partial charge < -0.3 is 4.74 Å². The monoisotopic (exact) mass is 226 g/mol. The first-order valence-corrected chi connectivity index (χ1v) is 6.32. The second-order valence-electron chi connectivity index (χ2n) is 3.32. The van der Waals surface area contributed by atoms with Gasteiger partial charge in [-0.3, -0.25) is 0 Å². The molecule has 0 unspecified atom stereocenters. The fraction of sp³-hybridized carbons (Fsp3) is 0.538. The van der Waals surface area contributed by atoms with Crippen molar-refractivity contribution in [2.75, 3.05) is 7.11 Å². The molecule has 2 heteroatoms. The fourth-order valence-corrected chi connectivity index (χ4v) is 2.04. The van der Waals surface area contributed by atoms with Gasteiger partial charge in [0, 0.05) is 10.1 Å². The molecule has 0 aliphatic heterocycles. The minimum absolute atomic E-state index is 0.594. The highest BCUT2D eigenvalue weighted by Gasteiger charge is 2.05. The molecule has 0 heterocycles. The molecule has 0 bridgehead atoms. The number of hydrogen-bond donors (Lipinski definition) is 0. The summed E-state index contributed by atoms with van der Waals surface area (Å²) in [6.07, 6.45) is 0. The van der Waals surface area contributed by atoms with Gasteiger partial charge in [-0.15, -0.1) is 11.8 Å². The van der Waals surface area contributed by atoms with Crippen LogP contribution in [0.25, 0.3) is 0 Å². The molecule has 0 N–H and O–H groups in total. The van der Waals surface area contributed by atoms with Crippen LogP contribution in [0.15, 0.2) is 23.1 Å². The summed E-state index contributed by atoms with van der Waals surface area (Å²) in [4.78, 5) is 1.23. The summed E-state index contributed by atoms with van der Waals surface area (Å²) in [5.74, 6) is 0.985. The third-order valence-corrected chi connectivity index (χ3v) is 2.74. The number of aryl methyl sites for hydroxylation is 1. The van der Waals surface area contributed by atoms with E-state index in [4.69, 9.17) is 4.74 Å². The Morgan fingerprint density at radius 3 is 2.27 bits per heavy atom. The second-order valence-corrected chi connectivity index (χ2v) is 4.94. The number of rotatable bonds is 3. The van der Waals surface area contributed by atoms with Crippen LogP contribution in [0, 0.1) is 6.92 Å². The van der Waals surface area contributed by atoms with Crippen LogP contribution < -0.4 is 4.74 Å². The van der Waals surface area contributed by atoms with E-state index >= 15 is 0 Å². The number of ether oxygens (including phenoxy) is 1. The Hall–Kier alpha value is -0.630. The van der Waals surface area contributed by atoms with Crippen molar-refractivity contribution in [3.8, 4) is 5.75 Å². The van der Waals surface area contributed by atoms with E-state index in [1.165, 1.54) is 10.5 Å². The Morgan fingerprint density at radius 2 is 1.80 bits per heavy atom. The summed E-state index contributed by atoms with van der Waals surface area (Å²) in [7, 11) is 1.72. The van der Waals surface area contributed by atoms with E-state index in [9.17, 15) is 0 Å². The highest BCUT2D eigenvalue weighted by Crippen LogP contribution is 2.32. The summed E-state index contributed by atoms with van der Waals surface area (Å²) in [6.45, 7) is 10.4. The zero-order valence-corrected chi connectivity index (χ0v) is 11.4. The zero-order chi connectivity index (χ0) is 11.8. The van der Waals surface area contributed by atoms with E-state index in [2.05, 4.69) is 39.0 Å². The van der Waals surface area contributed by atoms with Crippen LogP contribution in [0.3, 0.4) is 0 Å². The van der Waals surface area contributed by atoms with E-state index in [1.807, 2.05) is 25.6 Å². The second kappa shape index (κ2) is 7.63. The molecule has 86 valence electrons. The summed E-state index contributed by atoms with van der Waals surface area (Å²) in [5, 5.41) is 0.594. The molecule has 15 heavy (non-hydrogen) atoms. The van der Waals surface area contributed by atoms with Gasteiger partial charge in [-0.05, 0) is 24.6 Å². The Balaban J connectivity index is 0.000000921. The lowest BCUT2D eigenvalue weighted by molar-refractivity contribution is 0.404. The van der Waals surface area contributed by atoms with Crippen LogP contribution in [0.5, 0.6) is 5.75 Å². The van der Waals surface area contributed by atoms with Crippen LogP contribution in [0.1, 0.15) is 33.3 Å². The lowest BCUT2D eigenvalue weighted by atomic mass is 10.2. The van der Waals surface area contributed by atoms with Gasteiger partial charge in [0.05, 0.1) is 7.11 Å². The summed E-state index contributed by atoms with van der Waals surface area (Å²) in [6, 6.07) is 6.32. The summed E-state index contributed by atoms with van der Waals surface area (Å²) in [5.41, 5.74) is 1.24. The molecule has 0 atom stereocenters. The Bertz CT molecular complexity index is 282. The molecule has 1 aromatic carbocycles. The highest BCUT2D eigenvalue weighted by atomic mass is 32.2. The Labute approximate surface area is 98.2 Å². The first-order chi connectivity index (χ1) is 7.13. The summed E-state index contributed by atoms with van der Waals surface area (Å²) >= 11 is 1.83. The molecule has 0 fully saturated rings. The van der Waals surface area contributed by atoms with Crippen molar-refractivity contribution in [3.05, 3.63) is 23.8 Å². The van der Waals surface area contributed by atoms with Crippen molar-refractivity contribution in [1.29, 1.82) is 0 Å². The normalized spacial score (nSPS) is 9.53. The van der Waals surface area contributed by atoms with Crippen LogP contribution in [-0.2, 0) is 0 Å². The molecular weight excluding hydrogens is 204 g/mol. The van der Waals surface area contributed by atoms with Gasteiger partial charge in [0.25, 0.3) is 0 Å². The molecule has 0 aromatic heterocycles. The molecule has 0 saturated carbocycles. The SMILES string of the molecule is CC.COc1cc(C)ccc1SC(C)C. The van der Waals surface area contributed by atoms with Crippen molar-refractivity contribution in [3.63, 3.8) is 0 Å². The average molecular weight is 226 g/mol. The fourth-order valence-electron chi connectivity index (χ4n) is 1.13. The quantitative estimate of drug-likeness (QED) is 0.700. The number of methoxy groups -OCH3 is 1. The lowest BCUT2D eigenvalue weighted by Crippen LogP contribution is -1.91. The number of hydrogen-bond acceptors (Lipinski definition) is 2. The standard InChI is InChI=1S/C11H16OS.C2H6/c1-8(2)13-11-6-5-9(3)7-10(11)12-4;1-2/h5-8H,1-4H3;1-2H3. The third kappa shape index (κ3) is 5.12. The predicted molar refractivity (Wildman–Crippen MR) is 70.1 cm³/mol. The largest absolute Gasteiger partial charge is 0.496 e. The highest BCUT2D eigenvalue weighted by molar-refractivity contribution is 8.00. The van der Waals surface area contributed by atoms with E-state index in [0.717, 1.165) is 5.75 Å². The van der Waals surface area contributed by atoms with Gasteiger partial charge in [0.1, 0.15) is 5.75 Å². The minimum Gasteiger partial charge on any atom is -0.496 e. The van der Waals surface area contributed by atoms with Gasteiger partial charge in [0.2, 0.25) is 0 Å². The average Bonchev–Trinajstić information content (AvgIpc) is 2.23. The maximum Gasteiger partial charge on any atom is 0.132 e. The van der Waals surface area contributed by atoms with E-state index in [1.54, 1.807) is 7.11 Å². The number of benzene rings is 1. The molecular formula is C13H22OS. The first kappa shape index (κ1) is 14.4. The summed E-state index contributed by atoms with van der Waals surface area (Å²) < 4.78 is 5.31. The predicted octanol–water partition coefficient (Wildman–Crippen LogP) is 4.53. The Kier molecular flexibility index (Phi) is 7.31. The van der Waals surface area contributed by atoms with Crippen molar-refractivity contribution < 1.29 is 4.74 Å². The van der Waals surface area contributed by atoms with Gasteiger partial charge in [-0.1, -0.05) is 33.8 Å². The topological polar surface area (TPSA) is 9.23 Å². The van der Waals surface area contributed by atoms with Gasteiger partial charge in [-0.25, -0.2) is 0 Å². The first-order valence-electron chi connectivity index (χ1n) is 5.44. The lowest BCUT2D eigenvalue weighted by Gasteiger charge is -2.10. The molecule has 1 rings (SSSR count). The van der Waals surface area contributed by atoms with E-state index in [-0.39, 0.29) is 0 Å². The van der Waals surface area contributed by atoms with Crippen molar-refractivity contribution in [2.24, 2.45) is 0 Å². The molecule has 0 spiro atoms. The molecule has 0 aliphatic rings. The van der Waals surface area contributed by atoms with Gasteiger partial charge >= 0.3 is 0 Å². The van der Waals surface area contributed by atoms with Crippen LogP contribution in [-0.4, -0.2) is 12.4 Å². The van der Waals surface area contributed by atoms with Crippen molar-refractivity contribution in [1.82, 2.24) is 0 Å². The zero-order valence-electron chi connectivity index (χ0n) is 10.6. The number of thioether (sulfide) groups is 1. The third-order valence-electron chi connectivity index (χ3n) is 1.68. The molecule has 0 radical (unpaired) electrons. The van der Waals surface area contributed by atoms with E-state index in [0.29, 0.717) is 5.25 Å². The van der Waals surface area contributed by atoms with Crippen molar-refractivity contribution >= 4 is 11.8 Å². The van der Waals surface area contributed by atoms with Gasteiger partial charge in [0.15, 0.2) is 0 Å². The molecule has 0 amide bonds. The molecule has 1 aromatic rings. The smallest absolute Gasteiger partial charge is 0.132 e. The van der Waals surface area contributed by atoms with Crippen LogP contribution in [0.4, 0.5) is 0 Å². The molecule has 0 aliphatic carbocycles. The van der Waals surface area contributed by atoms with Crippen LogP contribution >= 0.6 is 11.8 Å². The van der Waals surface area contributed by atoms with Gasteiger partial charge in [-0.2, -0.15) is 0 Å². The Morgan fingerprint density at radius 1 is 1.20 bits per heavy atom. The molecule has 1 nitrogen and oxygen atoms in total. The van der Waals surface area contributed by atoms with Crippen LogP contribution in [0.2, 0.25) is 0 Å².